The molecule has 0 aliphatic heterocycles. The Balaban J connectivity index is 1.83. The van der Waals surface area contributed by atoms with Crippen LogP contribution in [0, 0.1) is 6.92 Å². The second-order valence-corrected chi connectivity index (χ2v) is 6.73. The van der Waals surface area contributed by atoms with Crippen molar-refractivity contribution < 1.29 is 9.53 Å². The minimum absolute atomic E-state index is 0.1000. The maximum absolute atomic E-state index is 13.1. The van der Waals surface area contributed by atoms with E-state index in [-0.39, 0.29) is 5.91 Å². The Bertz CT molecular complexity index is 991. The molecule has 28 heavy (non-hydrogen) atoms. The molecule has 1 amide bonds. The Morgan fingerprint density at radius 3 is 2.64 bits per heavy atom. The highest BCUT2D eigenvalue weighted by Crippen LogP contribution is 2.29. The predicted octanol–water partition coefficient (Wildman–Crippen LogP) is 5.46. The zero-order valence-electron chi connectivity index (χ0n) is 16.1. The van der Waals surface area contributed by atoms with Gasteiger partial charge in [-0.2, -0.15) is 0 Å². The van der Waals surface area contributed by atoms with Gasteiger partial charge in [0.1, 0.15) is 5.75 Å². The summed E-state index contributed by atoms with van der Waals surface area (Å²) in [4.78, 5) is 19.0. The van der Waals surface area contributed by atoms with Crippen LogP contribution in [-0.2, 0) is 0 Å². The van der Waals surface area contributed by atoms with E-state index in [4.69, 9.17) is 16.3 Å². The minimum Gasteiger partial charge on any atom is -0.495 e. The highest BCUT2D eigenvalue weighted by molar-refractivity contribution is 6.32. The minimum atomic E-state index is -0.1000. The molecule has 0 spiro atoms. The number of carbonyl (C=O) groups excluding carboxylic acids is 1. The molecule has 144 valence electrons. The topological polar surface area (TPSA) is 54.5 Å². The molecule has 0 atom stereocenters. The van der Waals surface area contributed by atoms with Gasteiger partial charge in [0.25, 0.3) is 5.91 Å². The number of anilines is 3. The van der Waals surface area contributed by atoms with Gasteiger partial charge in [-0.3, -0.25) is 9.78 Å². The number of ether oxygens (including phenoxy) is 1. The van der Waals surface area contributed by atoms with Crippen molar-refractivity contribution in [3.63, 3.8) is 0 Å². The molecule has 0 fully saturated rings. The van der Waals surface area contributed by atoms with Gasteiger partial charge in [0, 0.05) is 24.1 Å². The van der Waals surface area contributed by atoms with Crippen LogP contribution >= 0.6 is 11.6 Å². The van der Waals surface area contributed by atoms with Crippen molar-refractivity contribution >= 4 is 34.6 Å². The molecule has 1 N–H and O–H groups in total. The quantitative estimate of drug-likeness (QED) is 0.601. The van der Waals surface area contributed by atoms with E-state index in [1.807, 2.05) is 44.2 Å². The number of rotatable bonds is 6. The maximum Gasteiger partial charge on any atom is 0.259 e. The van der Waals surface area contributed by atoms with Crippen LogP contribution in [0.1, 0.15) is 22.8 Å². The van der Waals surface area contributed by atoms with Crippen molar-refractivity contribution in [2.24, 2.45) is 0 Å². The molecule has 1 aromatic heterocycles. The number of nitrogens with zero attached hydrogens (tertiary/aromatic N) is 2. The van der Waals surface area contributed by atoms with Gasteiger partial charge in [0.15, 0.2) is 0 Å². The summed E-state index contributed by atoms with van der Waals surface area (Å²) in [7, 11) is 1.57. The molecule has 6 heteroatoms. The molecule has 2 aromatic carbocycles. The second kappa shape index (κ2) is 8.76. The van der Waals surface area contributed by atoms with Crippen molar-refractivity contribution in [3.8, 4) is 5.75 Å². The number of aromatic nitrogens is 1. The lowest BCUT2D eigenvalue weighted by atomic mass is 10.1. The molecule has 3 aromatic rings. The number of nitrogens with one attached hydrogen (secondary N) is 1. The van der Waals surface area contributed by atoms with Crippen molar-refractivity contribution in [1.29, 1.82) is 0 Å². The van der Waals surface area contributed by atoms with Crippen molar-refractivity contribution in [3.05, 3.63) is 77.1 Å². The third kappa shape index (κ3) is 4.43. The number of hydrogen-bond acceptors (Lipinski definition) is 4. The van der Waals surface area contributed by atoms with E-state index in [2.05, 4.69) is 10.3 Å². The van der Waals surface area contributed by atoms with Crippen LogP contribution in [0.3, 0.4) is 0 Å². The Morgan fingerprint density at radius 2 is 1.96 bits per heavy atom. The molecule has 0 saturated heterocycles. The number of hydrogen-bond donors (Lipinski definition) is 1. The van der Waals surface area contributed by atoms with Gasteiger partial charge in [0.2, 0.25) is 0 Å². The Kier molecular flexibility index (Phi) is 6.16. The number of amides is 1. The number of halogens is 1. The molecule has 0 aliphatic rings. The van der Waals surface area contributed by atoms with Crippen molar-refractivity contribution in [2.75, 3.05) is 23.9 Å². The van der Waals surface area contributed by atoms with Crippen LogP contribution in [0.2, 0.25) is 5.02 Å². The Hall–Kier alpha value is -3.05. The largest absolute Gasteiger partial charge is 0.495 e. The molecule has 0 radical (unpaired) electrons. The first-order valence-electron chi connectivity index (χ1n) is 8.96. The van der Waals surface area contributed by atoms with E-state index in [1.165, 1.54) is 0 Å². The smallest absolute Gasteiger partial charge is 0.259 e. The van der Waals surface area contributed by atoms with Crippen LogP contribution in [0.25, 0.3) is 0 Å². The molecule has 0 bridgehead atoms. The van der Waals surface area contributed by atoms with Gasteiger partial charge in [-0.1, -0.05) is 23.7 Å². The van der Waals surface area contributed by atoms with Gasteiger partial charge in [0.05, 0.1) is 29.6 Å². The van der Waals surface area contributed by atoms with Gasteiger partial charge in [-0.05, 0) is 55.8 Å². The molecule has 1 heterocycles. The first-order chi connectivity index (χ1) is 13.5. The molecule has 3 rings (SSSR count). The van der Waals surface area contributed by atoms with Crippen LogP contribution in [0.15, 0.2) is 60.9 Å². The summed E-state index contributed by atoms with van der Waals surface area (Å²) in [5.74, 6) is 0.503. The predicted molar refractivity (Wildman–Crippen MR) is 114 cm³/mol. The van der Waals surface area contributed by atoms with Crippen LogP contribution in [0.5, 0.6) is 5.75 Å². The summed E-state index contributed by atoms with van der Waals surface area (Å²) >= 11 is 6.18. The Morgan fingerprint density at radius 1 is 1.14 bits per heavy atom. The average Bonchev–Trinajstić information content (AvgIpc) is 2.69. The van der Waals surface area contributed by atoms with Gasteiger partial charge in [-0.25, -0.2) is 0 Å². The summed E-state index contributed by atoms with van der Waals surface area (Å²) < 4.78 is 5.17. The molecule has 0 saturated carbocycles. The summed E-state index contributed by atoms with van der Waals surface area (Å²) in [6.45, 7) is 4.52. The lowest BCUT2D eigenvalue weighted by Gasteiger charge is -2.21. The van der Waals surface area contributed by atoms with Crippen LogP contribution in [-0.4, -0.2) is 24.5 Å². The monoisotopic (exact) mass is 395 g/mol. The first-order valence-corrected chi connectivity index (χ1v) is 9.33. The maximum atomic E-state index is 13.1. The van der Waals surface area contributed by atoms with E-state index in [0.717, 1.165) is 16.9 Å². The lowest BCUT2D eigenvalue weighted by Crippen LogP contribution is -2.30. The highest BCUT2D eigenvalue weighted by atomic mass is 35.5. The standard InChI is InChI=1S/C22H22ClN3O2/c1-4-26(19-7-5-6-15(2)10-19)22(27)16-11-18(14-24-13-16)25-17-8-9-21(28-3)20(23)12-17/h5-14,25H,4H2,1-3H3. The lowest BCUT2D eigenvalue weighted by molar-refractivity contribution is 0.0988. The summed E-state index contributed by atoms with van der Waals surface area (Å²) in [5, 5.41) is 3.73. The molecular weight excluding hydrogens is 374 g/mol. The van der Waals surface area contributed by atoms with Gasteiger partial charge >= 0.3 is 0 Å². The number of carbonyl (C=O) groups is 1. The molecule has 0 unspecified atom stereocenters. The molecule has 5 nitrogen and oxygen atoms in total. The van der Waals surface area contributed by atoms with Crippen LogP contribution < -0.4 is 15.0 Å². The fraction of sp³-hybridized carbons (Fsp3) is 0.182. The number of methoxy groups -OCH3 is 1. The van der Waals surface area contributed by atoms with E-state index in [0.29, 0.717) is 28.6 Å². The van der Waals surface area contributed by atoms with E-state index in [9.17, 15) is 4.79 Å². The van der Waals surface area contributed by atoms with E-state index >= 15 is 0 Å². The average molecular weight is 396 g/mol. The zero-order valence-corrected chi connectivity index (χ0v) is 16.8. The summed E-state index contributed by atoms with van der Waals surface area (Å²) in [6.07, 6.45) is 3.24. The molecule has 0 aliphatic carbocycles. The summed E-state index contributed by atoms with van der Waals surface area (Å²) in [6, 6.07) is 15.1. The van der Waals surface area contributed by atoms with E-state index in [1.54, 1.807) is 42.6 Å². The SMILES string of the molecule is CCN(C(=O)c1cncc(Nc2ccc(OC)c(Cl)c2)c1)c1cccc(C)c1. The van der Waals surface area contributed by atoms with E-state index < -0.39 is 0 Å². The first kappa shape index (κ1) is 19.7. The van der Waals surface area contributed by atoms with Gasteiger partial charge in [-0.15, -0.1) is 0 Å². The van der Waals surface area contributed by atoms with Crippen molar-refractivity contribution in [1.82, 2.24) is 4.98 Å². The zero-order chi connectivity index (χ0) is 20.1. The molecular formula is C22H22ClN3O2. The third-order valence-electron chi connectivity index (χ3n) is 4.30. The normalized spacial score (nSPS) is 10.4. The third-order valence-corrected chi connectivity index (χ3v) is 4.60. The fourth-order valence-electron chi connectivity index (χ4n) is 2.93. The fourth-order valence-corrected chi connectivity index (χ4v) is 3.19. The van der Waals surface area contributed by atoms with Crippen molar-refractivity contribution in [2.45, 2.75) is 13.8 Å². The summed E-state index contributed by atoms with van der Waals surface area (Å²) in [5.41, 5.74) is 3.96. The highest BCUT2D eigenvalue weighted by Gasteiger charge is 2.17. The number of pyridine rings is 1. The second-order valence-electron chi connectivity index (χ2n) is 6.33. The number of aryl methyl sites for hydroxylation is 1. The Labute approximate surface area is 169 Å². The number of benzene rings is 2. The van der Waals surface area contributed by atoms with Crippen LogP contribution in [0.4, 0.5) is 17.1 Å². The van der Waals surface area contributed by atoms with Gasteiger partial charge < -0.3 is 15.0 Å².